The van der Waals surface area contributed by atoms with E-state index in [1.807, 2.05) is 36.5 Å². The van der Waals surface area contributed by atoms with Crippen molar-refractivity contribution in [2.45, 2.75) is 104 Å². The van der Waals surface area contributed by atoms with E-state index in [9.17, 15) is 4.79 Å². The predicted octanol–water partition coefficient (Wildman–Crippen LogP) is 6.63. The largest absolute Gasteiger partial charge is 0.444 e. The van der Waals surface area contributed by atoms with Crippen molar-refractivity contribution in [3.8, 4) is 11.1 Å². The molecule has 3 saturated heterocycles. The Morgan fingerprint density at radius 2 is 1.84 bits per heavy atom. The summed E-state index contributed by atoms with van der Waals surface area (Å²) < 4.78 is 16.1. The maximum atomic E-state index is 12.8. The number of rotatable bonds is 4. The van der Waals surface area contributed by atoms with Gasteiger partial charge in [-0.15, -0.1) is 0 Å². The zero-order valence-corrected chi connectivity index (χ0v) is 28.1. The number of aryl methyl sites for hydroxylation is 1. The summed E-state index contributed by atoms with van der Waals surface area (Å²) in [5.41, 5.74) is 4.53. The minimum Gasteiger partial charge on any atom is -0.444 e. The number of fused-ring (bicyclic) bond motifs is 1. The average Bonchev–Trinajstić information content (AvgIpc) is 3.54. The van der Waals surface area contributed by atoms with Crippen LogP contribution in [0.1, 0.15) is 90.2 Å². The Morgan fingerprint density at radius 3 is 2.50 bits per heavy atom. The maximum absolute atomic E-state index is 12.8. The highest BCUT2D eigenvalue weighted by Gasteiger charge is 2.37. The van der Waals surface area contributed by atoms with Crippen molar-refractivity contribution in [3.63, 3.8) is 0 Å². The Hall–Kier alpha value is -2.82. The highest BCUT2D eigenvalue weighted by atomic mass is 35.5. The van der Waals surface area contributed by atoms with E-state index in [2.05, 4.69) is 48.7 Å². The van der Waals surface area contributed by atoms with E-state index in [0.29, 0.717) is 13.1 Å². The molecule has 11 heteroatoms. The van der Waals surface area contributed by atoms with Crippen LogP contribution in [0.3, 0.4) is 0 Å². The molecular formula is C33H48ClN7O3. The highest BCUT2D eigenvalue weighted by Crippen LogP contribution is 2.46. The number of nitrogens with one attached hydrogen (secondary N) is 1. The molecule has 0 saturated carbocycles. The molecule has 5 heterocycles. The second-order valence-corrected chi connectivity index (χ2v) is 14.7. The Labute approximate surface area is 266 Å². The van der Waals surface area contributed by atoms with Gasteiger partial charge in [0, 0.05) is 67.1 Å². The molecule has 240 valence electrons. The van der Waals surface area contributed by atoms with Crippen LogP contribution in [0.15, 0.2) is 12.3 Å². The fourth-order valence-electron chi connectivity index (χ4n) is 7.02. The zero-order chi connectivity index (χ0) is 31.4. The minimum atomic E-state index is -0.512. The standard InChI is InChI=1S/C33H48ClN7O3/c1-21-18-25-24(19-36-41(25)26-10-8-9-17-43-26)28(29(21)34)27-22(2)40(37-30(27)39-16-13-35-20-33(39,6)7)23-11-14-38(15-12-23)31(42)44-32(3,4)5/h18-19,23,26,35H,8-17,20H2,1-7H3. The van der Waals surface area contributed by atoms with Crippen LogP contribution in [-0.2, 0) is 9.47 Å². The molecule has 10 nitrogen and oxygen atoms in total. The molecule has 2 aromatic heterocycles. The predicted molar refractivity (Wildman–Crippen MR) is 175 cm³/mol. The fraction of sp³-hybridized carbons (Fsp3) is 0.667. The molecular weight excluding hydrogens is 578 g/mol. The topological polar surface area (TPSA) is 89.7 Å². The van der Waals surface area contributed by atoms with E-state index < -0.39 is 5.60 Å². The summed E-state index contributed by atoms with van der Waals surface area (Å²) in [5, 5.41) is 15.6. The van der Waals surface area contributed by atoms with Crippen molar-refractivity contribution >= 4 is 34.4 Å². The van der Waals surface area contributed by atoms with Crippen LogP contribution in [0.25, 0.3) is 22.0 Å². The molecule has 44 heavy (non-hydrogen) atoms. The Morgan fingerprint density at radius 1 is 1.09 bits per heavy atom. The second kappa shape index (κ2) is 11.8. The number of piperidine rings is 1. The lowest BCUT2D eigenvalue weighted by Gasteiger charge is -2.43. The van der Waals surface area contributed by atoms with E-state index in [4.69, 9.17) is 31.3 Å². The second-order valence-electron chi connectivity index (χ2n) is 14.3. The van der Waals surface area contributed by atoms with Gasteiger partial charge in [-0.3, -0.25) is 4.68 Å². The summed E-state index contributed by atoms with van der Waals surface area (Å²) in [6, 6.07) is 2.30. The number of piperazine rings is 1. The summed E-state index contributed by atoms with van der Waals surface area (Å²) in [5.74, 6) is 0.957. The van der Waals surface area contributed by atoms with Gasteiger partial charge in [-0.25, -0.2) is 9.48 Å². The number of hydrogen-bond donors (Lipinski definition) is 1. The van der Waals surface area contributed by atoms with Crippen LogP contribution in [0.4, 0.5) is 10.6 Å². The van der Waals surface area contributed by atoms with Gasteiger partial charge >= 0.3 is 6.09 Å². The number of anilines is 1. The number of aromatic nitrogens is 4. The third kappa shape index (κ3) is 5.81. The quantitative estimate of drug-likeness (QED) is 0.348. The highest BCUT2D eigenvalue weighted by molar-refractivity contribution is 6.36. The molecule has 1 N–H and O–H groups in total. The van der Waals surface area contributed by atoms with Crippen molar-refractivity contribution in [1.29, 1.82) is 0 Å². The molecule has 3 fully saturated rings. The van der Waals surface area contributed by atoms with Crippen molar-refractivity contribution in [1.82, 2.24) is 29.8 Å². The van der Waals surface area contributed by atoms with Crippen LogP contribution in [0, 0.1) is 13.8 Å². The normalized spacial score (nSPS) is 21.7. The average molecular weight is 626 g/mol. The minimum absolute atomic E-state index is 0.0692. The van der Waals surface area contributed by atoms with Crippen molar-refractivity contribution in [3.05, 3.63) is 28.5 Å². The van der Waals surface area contributed by atoms with Crippen LogP contribution < -0.4 is 10.2 Å². The monoisotopic (exact) mass is 625 g/mol. The summed E-state index contributed by atoms with van der Waals surface area (Å²) in [4.78, 5) is 17.1. The number of benzene rings is 1. The van der Waals surface area contributed by atoms with Gasteiger partial charge in [0.2, 0.25) is 0 Å². The summed E-state index contributed by atoms with van der Waals surface area (Å²) in [7, 11) is 0. The molecule has 1 aromatic carbocycles. The van der Waals surface area contributed by atoms with Gasteiger partial charge in [0.15, 0.2) is 12.0 Å². The number of likely N-dealkylation sites (tertiary alicyclic amines) is 1. The molecule has 0 bridgehead atoms. The van der Waals surface area contributed by atoms with E-state index in [1.54, 1.807) is 0 Å². The van der Waals surface area contributed by atoms with E-state index in [0.717, 1.165) is 102 Å². The zero-order valence-electron chi connectivity index (χ0n) is 27.4. The molecule has 3 aliphatic heterocycles. The molecule has 1 unspecified atom stereocenters. The molecule has 3 aliphatic rings. The first-order valence-electron chi connectivity index (χ1n) is 16.2. The first kappa shape index (κ1) is 31.2. The number of carbonyl (C=O) groups is 1. The summed E-state index contributed by atoms with van der Waals surface area (Å²) in [6.07, 6.45) is 6.42. The number of halogens is 1. The third-order valence-corrected chi connectivity index (χ3v) is 9.84. The summed E-state index contributed by atoms with van der Waals surface area (Å²) >= 11 is 7.26. The molecule has 3 aromatic rings. The van der Waals surface area contributed by atoms with Gasteiger partial charge < -0.3 is 24.6 Å². The summed E-state index contributed by atoms with van der Waals surface area (Å²) in [6.45, 7) is 19.1. The molecule has 0 radical (unpaired) electrons. The first-order chi connectivity index (χ1) is 20.9. The Bertz CT molecular complexity index is 1520. The lowest BCUT2D eigenvalue weighted by Crippen LogP contribution is -2.58. The smallest absolute Gasteiger partial charge is 0.410 e. The van der Waals surface area contributed by atoms with Gasteiger partial charge in [-0.05, 0) is 92.2 Å². The Kier molecular flexibility index (Phi) is 8.39. The first-order valence-corrected chi connectivity index (χ1v) is 16.6. The van der Waals surface area contributed by atoms with E-state index in [1.165, 1.54) is 0 Å². The molecule has 0 aliphatic carbocycles. The molecule has 6 rings (SSSR count). The lowest BCUT2D eigenvalue weighted by molar-refractivity contribution is -0.0366. The number of carbonyl (C=O) groups excluding carboxylic acids is 1. The van der Waals surface area contributed by atoms with E-state index in [-0.39, 0.29) is 23.9 Å². The Balaban J connectivity index is 1.44. The van der Waals surface area contributed by atoms with Gasteiger partial charge in [-0.2, -0.15) is 10.2 Å². The van der Waals surface area contributed by atoms with Crippen molar-refractivity contribution in [2.24, 2.45) is 0 Å². The third-order valence-electron chi connectivity index (χ3n) is 9.35. The molecule has 1 amide bonds. The van der Waals surface area contributed by atoms with Gasteiger partial charge in [-0.1, -0.05) is 11.6 Å². The van der Waals surface area contributed by atoms with Crippen molar-refractivity contribution in [2.75, 3.05) is 44.2 Å². The van der Waals surface area contributed by atoms with Crippen molar-refractivity contribution < 1.29 is 14.3 Å². The number of ether oxygens (including phenoxy) is 2. The van der Waals surface area contributed by atoms with Gasteiger partial charge in [0.25, 0.3) is 0 Å². The number of amides is 1. The van der Waals surface area contributed by atoms with Crippen LogP contribution in [0.2, 0.25) is 5.02 Å². The molecule has 0 spiro atoms. The van der Waals surface area contributed by atoms with Crippen LogP contribution in [-0.4, -0.2) is 81.0 Å². The fourth-order valence-corrected chi connectivity index (χ4v) is 7.27. The van der Waals surface area contributed by atoms with Crippen LogP contribution >= 0.6 is 11.6 Å². The van der Waals surface area contributed by atoms with E-state index >= 15 is 0 Å². The SMILES string of the molecule is Cc1cc2c(cnn2C2CCCCO2)c(-c2c(N3CCNCC3(C)C)nn(C3CCN(C(=O)OC(C)(C)C)CC3)c2C)c1Cl. The van der Waals surface area contributed by atoms with Crippen LogP contribution in [0.5, 0.6) is 0 Å². The number of nitrogens with zero attached hydrogens (tertiary/aromatic N) is 6. The maximum Gasteiger partial charge on any atom is 0.410 e. The molecule has 1 atom stereocenters. The number of hydrogen-bond acceptors (Lipinski definition) is 7. The van der Waals surface area contributed by atoms with Gasteiger partial charge in [0.1, 0.15) is 5.60 Å². The lowest BCUT2D eigenvalue weighted by atomic mass is 9.95. The van der Waals surface area contributed by atoms with Gasteiger partial charge in [0.05, 0.1) is 22.8 Å².